The van der Waals surface area contributed by atoms with Gasteiger partial charge in [-0.2, -0.15) is 0 Å². The zero-order valence-electron chi connectivity index (χ0n) is 10.9. The number of nitrogens with zero attached hydrogens (tertiary/aromatic N) is 1. The Morgan fingerprint density at radius 2 is 1.89 bits per heavy atom. The number of nitrogens with one attached hydrogen (secondary N) is 1. The van der Waals surface area contributed by atoms with Crippen LogP contribution in [-0.2, 0) is 0 Å². The second-order valence-corrected chi connectivity index (χ2v) is 4.97. The molecule has 0 aliphatic carbocycles. The van der Waals surface area contributed by atoms with Gasteiger partial charge >= 0.3 is 0 Å². The first-order valence-electron chi connectivity index (χ1n) is 6.10. The lowest BCUT2D eigenvalue weighted by molar-refractivity contribution is 0.102. The molecule has 98 valence electrons. The number of anilines is 1. The van der Waals surface area contributed by atoms with E-state index in [0.29, 0.717) is 10.7 Å². The molecule has 4 heteroatoms. The highest BCUT2D eigenvalue weighted by molar-refractivity contribution is 6.29. The summed E-state index contributed by atoms with van der Waals surface area (Å²) in [6.07, 6.45) is 0. The van der Waals surface area contributed by atoms with Crippen LogP contribution in [0.25, 0.3) is 0 Å². The van der Waals surface area contributed by atoms with E-state index in [1.165, 1.54) is 0 Å². The first kappa shape index (κ1) is 13.6. The third-order valence-electron chi connectivity index (χ3n) is 2.70. The fourth-order valence-corrected chi connectivity index (χ4v) is 1.88. The number of rotatable bonds is 3. The van der Waals surface area contributed by atoms with E-state index < -0.39 is 0 Å². The largest absolute Gasteiger partial charge is 0.322 e. The van der Waals surface area contributed by atoms with E-state index in [-0.39, 0.29) is 11.8 Å². The van der Waals surface area contributed by atoms with Crippen molar-refractivity contribution in [1.82, 2.24) is 4.98 Å². The highest BCUT2D eigenvalue weighted by atomic mass is 35.5. The van der Waals surface area contributed by atoms with Gasteiger partial charge in [-0.05, 0) is 30.2 Å². The first-order chi connectivity index (χ1) is 9.06. The summed E-state index contributed by atoms with van der Waals surface area (Å²) in [5.41, 5.74) is 2.09. The summed E-state index contributed by atoms with van der Waals surface area (Å²) in [4.78, 5) is 16.4. The Hall–Kier alpha value is -1.87. The van der Waals surface area contributed by atoms with Crippen molar-refractivity contribution >= 4 is 23.2 Å². The van der Waals surface area contributed by atoms with E-state index >= 15 is 0 Å². The average molecular weight is 275 g/mol. The molecule has 2 rings (SSSR count). The Morgan fingerprint density at radius 1 is 1.21 bits per heavy atom. The molecule has 0 bridgehead atoms. The molecule has 0 aliphatic heterocycles. The van der Waals surface area contributed by atoms with E-state index in [1.807, 2.05) is 44.2 Å². The molecule has 0 saturated heterocycles. The molecule has 0 radical (unpaired) electrons. The van der Waals surface area contributed by atoms with E-state index in [0.717, 1.165) is 11.4 Å². The lowest BCUT2D eigenvalue weighted by atomic mass is 10.1. The molecule has 1 N–H and O–H groups in total. The van der Waals surface area contributed by atoms with Gasteiger partial charge in [-0.25, -0.2) is 4.98 Å². The molecule has 0 spiro atoms. The lowest BCUT2D eigenvalue weighted by Crippen LogP contribution is -2.13. The number of carbonyl (C=O) groups is 1. The van der Waals surface area contributed by atoms with Crippen LogP contribution in [0.4, 0.5) is 5.69 Å². The second kappa shape index (κ2) is 5.85. The normalized spacial score (nSPS) is 10.5. The van der Waals surface area contributed by atoms with E-state index in [4.69, 9.17) is 11.6 Å². The third-order valence-corrected chi connectivity index (χ3v) is 2.89. The summed E-state index contributed by atoms with van der Waals surface area (Å²) in [6, 6.07) is 12.7. The van der Waals surface area contributed by atoms with Crippen molar-refractivity contribution in [3.63, 3.8) is 0 Å². The molecule has 1 amide bonds. The number of hydrogen-bond donors (Lipinski definition) is 1. The predicted octanol–water partition coefficient (Wildman–Crippen LogP) is 4.11. The molecule has 0 atom stereocenters. The van der Waals surface area contributed by atoms with Crippen LogP contribution in [-0.4, -0.2) is 10.9 Å². The third kappa shape index (κ3) is 3.55. The molecule has 0 unspecified atom stereocenters. The number of halogens is 1. The van der Waals surface area contributed by atoms with Crippen LogP contribution in [0.3, 0.4) is 0 Å². The van der Waals surface area contributed by atoms with Crippen molar-refractivity contribution in [2.75, 3.05) is 5.32 Å². The fourth-order valence-electron chi connectivity index (χ4n) is 1.67. The maximum atomic E-state index is 12.1. The topological polar surface area (TPSA) is 42.0 Å². The van der Waals surface area contributed by atoms with Crippen LogP contribution in [0.5, 0.6) is 0 Å². The molecule has 1 aromatic carbocycles. The Labute approximate surface area is 117 Å². The number of benzene rings is 1. The lowest BCUT2D eigenvalue weighted by Gasteiger charge is -2.09. The Morgan fingerprint density at radius 3 is 2.53 bits per heavy atom. The van der Waals surface area contributed by atoms with Crippen molar-refractivity contribution < 1.29 is 4.79 Å². The summed E-state index contributed by atoms with van der Waals surface area (Å²) in [7, 11) is 0. The molecule has 2 aromatic rings. The van der Waals surface area contributed by atoms with Gasteiger partial charge in [-0.3, -0.25) is 4.79 Å². The van der Waals surface area contributed by atoms with E-state index in [2.05, 4.69) is 10.3 Å². The minimum atomic E-state index is -0.183. The van der Waals surface area contributed by atoms with Crippen molar-refractivity contribution in [2.24, 2.45) is 0 Å². The van der Waals surface area contributed by atoms with E-state index in [9.17, 15) is 4.79 Å². The van der Waals surface area contributed by atoms with Crippen LogP contribution in [0.15, 0.2) is 42.5 Å². The Bertz CT molecular complexity index is 582. The van der Waals surface area contributed by atoms with Crippen molar-refractivity contribution in [1.29, 1.82) is 0 Å². The van der Waals surface area contributed by atoms with Gasteiger partial charge in [0.1, 0.15) is 5.15 Å². The van der Waals surface area contributed by atoms with Crippen molar-refractivity contribution in [3.05, 3.63) is 58.9 Å². The highest BCUT2D eigenvalue weighted by Crippen LogP contribution is 2.18. The summed E-state index contributed by atoms with van der Waals surface area (Å²) in [5.74, 6) is 0.0411. The SMILES string of the molecule is CC(C)c1cc(C(=O)Nc2ccccc2)cc(Cl)n1. The maximum Gasteiger partial charge on any atom is 0.255 e. The van der Waals surface area contributed by atoms with Crippen molar-refractivity contribution in [3.8, 4) is 0 Å². The minimum absolute atomic E-state index is 0.183. The molecule has 0 aliphatic rings. The number of amides is 1. The molecule has 0 saturated carbocycles. The van der Waals surface area contributed by atoms with Crippen LogP contribution in [0, 0.1) is 0 Å². The fraction of sp³-hybridized carbons (Fsp3) is 0.200. The molecule has 0 fully saturated rings. The average Bonchev–Trinajstić information content (AvgIpc) is 2.39. The van der Waals surface area contributed by atoms with Gasteiger partial charge in [-0.1, -0.05) is 43.6 Å². The summed E-state index contributed by atoms with van der Waals surface area (Å²) < 4.78 is 0. The Kier molecular flexibility index (Phi) is 4.17. The summed E-state index contributed by atoms with van der Waals surface area (Å²) in [5, 5.41) is 3.16. The number of para-hydroxylation sites is 1. The van der Waals surface area contributed by atoms with Gasteiger partial charge in [0.25, 0.3) is 5.91 Å². The number of pyridine rings is 1. The van der Waals surface area contributed by atoms with Gasteiger partial charge < -0.3 is 5.32 Å². The monoisotopic (exact) mass is 274 g/mol. The predicted molar refractivity (Wildman–Crippen MR) is 77.7 cm³/mol. The second-order valence-electron chi connectivity index (χ2n) is 4.58. The van der Waals surface area contributed by atoms with Crippen LogP contribution in [0.2, 0.25) is 5.15 Å². The zero-order chi connectivity index (χ0) is 13.8. The number of hydrogen-bond acceptors (Lipinski definition) is 2. The van der Waals surface area contributed by atoms with Gasteiger partial charge in [0.05, 0.1) is 0 Å². The summed E-state index contributed by atoms with van der Waals surface area (Å²) >= 11 is 5.95. The number of carbonyl (C=O) groups excluding carboxylic acids is 1. The quantitative estimate of drug-likeness (QED) is 0.856. The van der Waals surface area contributed by atoms with Gasteiger partial charge in [0.2, 0.25) is 0 Å². The standard InChI is InChI=1S/C15H15ClN2O/c1-10(2)13-8-11(9-14(16)18-13)15(19)17-12-6-4-3-5-7-12/h3-10H,1-2H3,(H,17,19). The smallest absolute Gasteiger partial charge is 0.255 e. The zero-order valence-corrected chi connectivity index (χ0v) is 11.6. The number of aromatic nitrogens is 1. The Balaban J connectivity index is 2.24. The van der Waals surface area contributed by atoms with Crippen LogP contribution in [0.1, 0.15) is 35.8 Å². The van der Waals surface area contributed by atoms with Crippen LogP contribution >= 0.6 is 11.6 Å². The molecular weight excluding hydrogens is 260 g/mol. The van der Waals surface area contributed by atoms with Crippen molar-refractivity contribution in [2.45, 2.75) is 19.8 Å². The van der Waals surface area contributed by atoms with Gasteiger partial charge in [-0.15, -0.1) is 0 Å². The minimum Gasteiger partial charge on any atom is -0.322 e. The molecule has 19 heavy (non-hydrogen) atoms. The van der Waals surface area contributed by atoms with Gasteiger partial charge in [0, 0.05) is 16.9 Å². The molecule has 1 aromatic heterocycles. The van der Waals surface area contributed by atoms with E-state index in [1.54, 1.807) is 12.1 Å². The first-order valence-corrected chi connectivity index (χ1v) is 6.48. The molecular formula is C15H15ClN2O. The molecule has 3 nitrogen and oxygen atoms in total. The van der Waals surface area contributed by atoms with Gasteiger partial charge in [0.15, 0.2) is 0 Å². The van der Waals surface area contributed by atoms with Crippen LogP contribution < -0.4 is 5.32 Å². The summed E-state index contributed by atoms with van der Waals surface area (Å²) in [6.45, 7) is 4.02. The molecule has 1 heterocycles. The highest BCUT2D eigenvalue weighted by Gasteiger charge is 2.11. The maximum absolute atomic E-state index is 12.1.